The van der Waals surface area contributed by atoms with Crippen molar-refractivity contribution >= 4 is 21.6 Å². The van der Waals surface area contributed by atoms with Gasteiger partial charge in [-0.1, -0.05) is 34.8 Å². The first kappa shape index (κ1) is 12.9. The third kappa shape index (κ3) is 3.46. The number of rotatable bonds is 3. The van der Waals surface area contributed by atoms with E-state index < -0.39 is 0 Å². The van der Waals surface area contributed by atoms with Crippen LogP contribution in [-0.4, -0.2) is 19.6 Å². The summed E-state index contributed by atoms with van der Waals surface area (Å²) in [5.74, 6) is 0. The molecule has 1 aliphatic rings. The van der Waals surface area contributed by atoms with Gasteiger partial charge in [0.2, 0.25) is 0 Å². The van der Waals surface area contributed by atoms with Crippen molar-refractivity contribution in [3.05, 3.63) is 28.2 Å². The molecule has 0 bridgehead atoms. The number of halogens is 1. The van der Waals surface area contributed by atoms with Gasteiger partial charge in [0.25, 0.3) is 0 Å². The predicted molar refractivity (Wildman–Crippen MR) is 77.6 cm³/mol. The molecule has 1 aromatic rings. The minimum absolute atomic E-state index is 0.725. The normalized spacial score (nSPS) is 16.9. The highest BCUT2D eigenvalue weighted by Crippen LogP contribution is 2.27. The zero-order valence-electron chi connectivity index (χ0n) is 10.3. The lowest BCUT2D eigenvalue weighted by molar-refractivity contribution is 0.726. The van der Waals surface area contributed by atoms with E-state index in [1.165, 1.54) is 50.0 Å². The molecule has 0 radical (unpaired) electrons. The third-order valence-corrected chi connectivity index (χ3v) is 3.90. The summed E-state index contributed by atoms with van der Waals surface area (Å²) in [7, 11) is 0. The molecule has 17 heavy (non-hydrogen) atoms. The number of hydrogen-bond acceptors (Lipinski definition) is 2. The zero-order valence-corrected chi connectivity index (χ0v) is 11.9. The first-order valence-corrected chi connectivity index (χ1v) is 7.34. The molecule has 94 valence electrons. The number of anilines is 1. The number of hydrogen-bond donors (Lipinski definition) is 1. The van der Waals surface area contributed by atoms with Gasteiger partial charge in [0.05, 0.1) is 0 Å². The van der Waals surface area contributed by atoms with Crippen molar-refractivity contribution < 1.29 is 0 Å². The smallest absolute Gasteiger partial charge is 0.0410 e. The van der Waals surface area contributed by atoms with Gasteiger partial charge < -0.3 is 10.6 Å². The van der Waals surface area contributed by atoms with Gasteiger partial charge in [-0.15, -0.1) is 0 Å². The standard InChI is InChI=1S/C14H21BrN2/c15-13-6-5-12(7-8-16)14(11-13)17-9-3-1-2-4-10-17/h5-6,11H,1-4,7-10,16H2. The molecule has 2 rings (SSSR count). The monoisotopic (exact) mass is 296 g/mol. The highest BCUT2D eigenvalue weighted by atomic mass is 79.9. The lowest BCUT2D eigenvalue weighted by Gasteiger charge is -2.25. The van der Waals surface area contributed by atoms with E-state index >= 15 is 0 Å². The lowest BCUT2D eigenvalue weighted by Crippen LogP contribution is -2.25. The highest BCUT2D eigenvalue weighted by molar-refractivity contribution is 9.10. The number of nitrogens with two attached hydrogens (primary N) is 1. The third-order valence-electron chi connectivity index (χ3n) is 3.41. The van der Waals surface area contributed by atoms with E-state index in [1.54, 1.807) is 0 Å². The summed E-state index contributed by atoms with van der Waals surface area (Å²) < 4.78 is 1.16. The topological polar surface area (TPSA) is 29.3 Å². The van der Waals surface area contributed by atoms with Gasteiger partial charge >= 0.3 is 0 Å². The Kier molecular flexibility index (Phi) is 4.86. The molecule has 1 fully saturated rings. The maximum absolute atomic E-state index is 5.70. The van der Waals surface area contributed by atoms with Crippen LogP contribution in [0.25, 0.3) is 0 Å². The van der Waals surface area contributed by atoms with E-state index in [4.69, 9.17) is 5.73 Å². The maximum Gasteiger partial charge on any atom is 0.0410 e. The molecule has 0 spiro atoms. The van der Waals surface area contributed by atoms with Gasteiger partial charge in [0.15, 0.2) is 0 Å². The fourth-order valence-electron chi connectivity index (χ4n) is 2.51. The Bertz CT molecular complexity index is 357. The zero-order chi connectivity index (χ0) is 12.1. The molecule has 0 amide bonds. The Morgan fingerprint density at radius 2 is 1.82 bits per heavy atom. The van der Waals surface area contributed by atoms with Crippen LogP contribution in [0.1, 0.15) is 31.2 Å². The summed E-state index contributed by atoms with van der Waals surface area (Å²) in [6.45, 7) is 3.10. The second kappa shape index (κ2) is 6.41. The molecule has 1 heterocycles. The molecule has 1 aliphatic heterocycles. The van der Waals surface area contributed by atoms with E-state index in [-0.39, 0.29) is 0 Å². The van der Waals surface area contributed by atoms with Crippen LogP contribution in [0.2, 0.25) is 0 Å². The van der Waals surface area contributed by atoms with Gasteiger partial charge in [-0.3, -0.25) is 0 Å². The first-order chi connectivity index (χ1) is 8.31. The number of benzene rings is 1. The molecule has 0 saturated carbocycles. The minimum Gasteiger partial charge on any atom is -0.371 e. The Morgan fingerprint density at radius 1 is 1.12 bits per heavy atom. The molecular formula is C14H21BrN2. The van der Waals surface area contributed by atoms with Crippen LogP contribution in [0, 0.1) is 0 Å². The van der Waals surface area contributed by atoms with E-state index in [2.05, 4.69) is 39.0 Å². The van der Waals surface area contributed by atoms with E-state index in [1.807, 2.05) is 0 Å². The van der Waals surface area contributed by atoms with Crippen LogP contribution >= 0.6 is 15.9 Å². The Hall–Kier alpha value is -0.540. The Labute approximate surface area is 112 Å². The summed E-state index contributed by atoms with van der Waals surface area (Å²) in [4.78, 5) is 2.53. The largest absolute Gasteiger partial charge is 0.371 e. The Balaban J connectivity index is 2.23. The summed E-state index contributed by atoms with van der Waals surface area (Å²) in [5, 5.41) is 0. The average Bonchev–Trinajstić information content (AvgIpc) is 2.60. The van der Waals surface area contributed by atoms with Crippen LogP contribution in [0.15, 0.2) is 22.7 Å². The van der Waals surface area contributed by atoms with Crippen molar-refractivity contribution in [2.75, 3.05) is 24.5 Å². The SMILES string of the molecule is NCCc1ccc(Br)cc1N1CCCCCC1. The molecule has 1 saturated heterocycles. The van der Waals surface area contributed by atoms with E-state index in [0.717, 1.165) is 17.4 Å². The number of nitrogens with zero attached hydrogens (tertiary/aromatic N) is 1. The fourth-order valence-corrected chi connectivity index (χ4v) is 2.86. The fraction of sp³-hybridized carbons (Fsp3) is 0.571. The van der Waals surface area contributed by atoms with Gasteiger partial charge in [-0.2, -0.15) is 0 Å². The molecule has 0 unspecified atom stereocenters. The maximum atomic E-state index is 5.70. The van der Waals surface area contributed by atoms with Crippen molar-refractivity contribution in [3.63, 3.8) is 0 Å². The van der Waals surface area contributed by atoms with Gasteiger partial charge in [-0.25, -0.2) is 0 Å². The molecular weight excluding hydrogens is 276 g/mol. The summed E-state index contributed by atoms with van der Waals surface area (Å²) in [6, 6.07) is 6.57. The summed E-state index contributed by atoms with van der Waals surface area (Å²) in [5.41, 5.74) is 8.47. The van der Waals surface area contributed by atoms with Crippen molar-refractivity contribution in [2.45, 2.75) is 32.1 Å². The quantitative estimate of drug-likeness (QED) is 0.927. The van der Waals surface area contributed by atoms with Gasteiger partial charge in [-0.05, 0) is 43.5 Å². The van der Waals surface area contributed by atoms with Crippen molar-refractivity contribution in [1.82, 2.24) is 0 Å². The molecule has 3 heteroatoms. The molecule has 0 atom stereocenters. The molecule has 2 nitrogen and oxygen atoms in total. The van der Waals surface area contributed by atoms with Crippen molar-refractivity contribution in [1.29, 1.82) is 0 Å². The van der Waals surface area contributed by atoms with Crippen LogP contribution in [0.5, 0.6) is 0 Å². The second-order valence-electron chi connectivity index (χ2n) is 4.71. The van der Waals surface area contributed by atoms with Crippen LogP contribution < -0.4 is 10.6 Å². The van der Waals surface area contributed by atoms with Crippen LogP contribution in [0.4, 0.5) is 5.69 Å². The molecule has 2 N–H and O–H groups in total. The van der Waals surface area contributed by atoms with E-state index in [0.29, 0.717) is 0 Å². The van der Waals surface area contributed by atoms with Gasteiger partial charge in [0.1, 0.15) is 0 Å². The highest BCUT2D eigenvalue weighted by Gasteiger charge is 2.13. The van der Waals surface area contributed by atoms with E-state index in [9.17, 15) is 0 Å². The van der Waals surface area contributed by atoms with Crippen LogP contribution in [-0.2, 0) is 6.42 Å². The summed E-state index contributed by atoms with van der Waals surface area (Å²) >= 11 is 3.58. The van der Waals surface area contributed by atoms with Crippen molar-refractivity contribution in [2.24, 2.45) is 5.73 Å². The average molecular weight is 297 g/mol. The van der Waals surface area contributed by atoms with Crippen molar-refractivity contribution in [3.8, 4) is 0 Å². The van der Waals surface area contributed by atoms with Crippen LogP contribution in [0.3, 0.4) is 0 Å². The molecule has 0 aliphatic carbocycles. The predicted octanol–water partition coefficient (Wildman–Crippen LogP) is 3.33. The lowest BCUT2D eigenvalue weighted by atomic mass is 10.1. The first-order valence-electron chi connectivity index (χ1n) is 6.54. The minimum atomic E-state index is 0.725. The molecule has 0 aromatic heterocycles. The van der Waals surface area contributed by atoms with Gasteiger partial charge in [0, 0.05) is 23.2 Å². The Morgan fingerprint density at radius 3 is 2.47 bits per heavy atom. The second-order valence-corrected chi connectivity index (χ2v) is 5.63. The molecule has 1 aromatic carbocycles. The summed E-state index contributed by atoms with van der Waals surface area (Å²) in [6.07, 6.45) is 6.34.